The van der Waals surface area contributed by atoms with Gasteiger partial charge >= 0.3 is 5.97 Å². The lowest BCUT2D eigenvalue weighted by atomic mass is 9.83. The highest BCUT2D eigenvalue weighted by molar-refractivity contribution is 5.92. The van der Waals surface area contributed by atoms with Gasteiger partial charge in [0, 0.05) is 11.6 Å². The lowest BCUT2D eigenvalue weighted by Crippen LogP contribution is -2.26. The number of carbonyl (C=O) groups is 1. The number of nitrogens with zero attached hydrogens (tertiary/aromatic N) is 1. The third-order valence-corrected chi connectivity index (χ3v) is 3.62. The monoisotopic (exact) mass is 332 g/mol. The van der Waals surface area contributed by atoms with Crippen LogP contribution in [0.15, 0.2) is 41.0 Å². The molecule has 1 heterocycles. The number of nitrogens with two attached hydrogens (primary N) is 1. The van der Waals surface area contributed by atoms with Crippen LogP contribution in [0.3, 0.4) is 0 Å². The van der Waals surface area contributed by atoms with Crippen molar-refractivity contribution in [2.45, 2.75) is 19.8 Å². The van der Waals surface area contributed by atoms with Crippen molar-refractivity contribution in [2.24, 2.45) is 5.73 Å². The van der Waals surface area contributed by atoms with E-state index in [1.807, 2.05) is 6.07 Å². The number of rotatable bonds is 4. The third-order valence-electron chi connectivity index (χ3n) is 3.62. The summed E-state index contributed by atoms with van der Waals surface area (Å²) in [5.41, 5.74) is 5.86. The summed E-state index contributed by atoms with van der Waals surface area (Å²) in [5, 5.41) is 9.41. The number of hydrogen-bond donors (Lipinski definition) is 1. The molecule has 0 spiro atoms. The first-order valence-corrected chi connectivity index (χ1v) is 7.23. The van der Waals surface area contributed by atoms with Gasteiger partial charge in [-0.15, -0.1) is 0 Å². The highest BCUT2D eigenvalue weighted by Crippen LogP contribution is 2.41. The van der Waals surface area contributed by atoms with Crippen molar-refractivity contribution in [1.82, 2.24) is 0 Å². The molecule has 1 atom stereocenters. The van der Waals surface area contributed by atoms with Crippen LogP contribution >= 0.6 is 0 Å². The van der Waals surface area contributed by atoms with Crippen LogP contribution in [0.25, 0.3) is 0 Å². The van der Waals surface area contributed by atoms with Gasteiger partial charge in [-0.05, 0) is 19.9 Å². The predicted molar refractivity (Wildman–Crippen MR) is 82.9 cm³/mol. The Kier molecular flexibility index (Phi) is 5.09. The van der Waals surface area contributed by atoms with Crippen molar-refractivity contribution in [1.29, 1.82) is 5.26 Å². The first-order chi connectivity index (χ1) is 11.4. The van der Waals surface area contributed by atoms with Gasteiger partial charge < -0.3 is 19.9 Å². The SMILES string of the molecule is CCOC(=O)C1=C(C)OC(N)=C(C#N)C1c1ccc(OC)cc1F. The maximum absolute atomic E-state index is 14.5. The number of ether oxygens (including phenoxy) is 3. The summed E-state index contributed by atoms with van der Waals surface area (Å²) in [4.78, 5) is 12.3. The summed E-state index contributed by atoms with van der Waals surface area (Å²) in [6.45, 7) is 3.30. The summed E-state index contributed by atoms with van der Waals surface area (Å²) in [6, 6.07) is 6.05. The Balaban J connectivity index is 2.65. The summed E-state index contributed by atoms with van der Waals surface area (Å²) in [7, 11) is 1.41. The molecule has 126 valence electrons. The molecule has 6 nitrogen and oxygen atoms in total. The first-order valence-electron chi connectivity index (χ1n) is 7.23. The van der Waals surface area contributed by atoms with Crippen LogP contribution in [0.5, 0.6) is 5.75 Å². The van der Waals surface area contributed by atoms with Crippen LogP contribution in [0, 0.1) is 17.1 Å². The summed E-state index contributed by atoms with van der Waals surface area (Å²) in [5.74, 6) is -1.99. The fourth-order valence-corrected chi connectivity index (χ4v) is 2.53. The van der Waals surface area contributed by atoms with Crippen LogP contribution < -0.4 is 10.5 Å². The Morgan fingerprint density at radius 1 is 1.50 bits per heavy atom. The highest BCUT2D eigenvalue weighted by Gasteiger charge is 2.37. The van der Waals surface area contributed by atoms with Crippen molar-refractivity contribution < 1.29 is 23.4 Å². The van der Waals surface area contributed by atoms with Gasteiger partial charge in [0.2, 0.25) is 5.88 Å². The molecule has 0 fully saturated rings. The van der Waals surface area contributed by atoms with Crippen molar-refractivity contribution >= 4 is 5.97 Å². The molecule has 1 aliphatic heterocycles. The van der Waals surface area contributed by atoms with Crippen LogP contribution in [0.1, 0.15) is 25.3 Å². The average Bonchev–Trinajstić information content (AvgIpc) is 2.54. The number of hydrogen-bond acceptors (Lipinski definition) is 6. The second kappa shape index (κ2) is 7.04. The first kappa shape index (κ1) is 17.3. The van der Waals surface area contributed by atoms with Gasteiger partial charge in [-0.3, -0.25) is 0 Å². The van der Waals surface area contributed by atoms with Crippen molar-refractivity contribution in [3.05, 3.63) is 52.4 Å². The molecule has 0 aliphatic carbocycles. The van der Waals surface area contributed by atoms with Crippen LogP contribution in [0.2, 0.25) is 0 Å². The van der Waals surface area contributed by atoms with Gasteiger partial charge in [0.15, 0.2) is 0 Å². The zero-order valence-corrected chi connectivity index (χ0v) is 13.6. The molecule has 0 bridgehead atoms. The van der Waals surface area contributed by atoms with Crippen molar-refractivity contribution in [2.75, 3.05) is 13.7 Å². The second-order valence-corrected chi connectivity index (χ2v) is 5.00. The Labute approximate surface area is 138 Å². The van der Waals surface area contributed by atoms with E-state index in [1.165, 1.54) is 32.2 Å². The van der Waals surface area contributed by atoms with Crippen molar-refractivity contribution in [3.8, 4) is 11.8 Å². The Morgan fingerprint density at radius 2 is 2.21 bits per heavy atom. The zero-order chi connectivity index (χ0) is 17.9. The molecule has 0 radical (unpaired) electrons. The minimum atomic E-state index is -1.01. The molecule has 0 aromatic heterocycles. The molecule has 7 heteroatoms. The van der Waals surface area contributed by atoms with Gasteiger partial charge in [0.25, 0.3) is 0 Å². The van der Waals surface area contributed by atoms with Crippen LogP contribution in [-0.4, -0.2) is 19.7 Å². The smallest absolute Gasteiger partial charge is 0.338 e. The molecule has 0 saturated carbocycles. The normalized spacial score (nSPS) is 17.2. The fourth-order valence-electron chi connectivity index (χ4n) is 2.53. The quantitative estimate of drug-likeness (QED) is 0.851. The molecule has 0 amide bonds. The molecule has 1 unspecified atom stereocenters. The van der Waals surface area contributed by atoms with Gasteiger partial charge in [-0.1, -0.05) is 6.07 Å². The zero-order valence-electron chi connectivity index (χ0n) is 13.6. The summed E-state index contributed by atoms with van der Waals surface area (Å²) < 4.78 is 29.8. The number of esters is 1. The van der Waals surface area contributed by atoms with Crippen LogP contribution in [-0.2, 0) is 14.3 Å². The van der Waals surface area contributed by atoms with E-state index >= 15 is 0 Å². The number of allylic oxidation sites excluding steroid dienone is 2. The highest BCUT2D eigenvalue weighted by atomic mass is 19.1. The maximum atomic E-state index is 14.5. The second-order valence-electron chi connectivity index (χ2n) is 5.00. The number of halogens is 1. The van der Waals surface area contributed by atoms with Crippen molar-refractivity contribution in [3.63, 3.8) is 0 Å². The minimum absolute atomic E-state index is 0.0478. The molecule has 2 N–H and O–H groups in total. The van der Waals surface area contributed by atoms with E-state index in [0.717, 1.165) is 0 Å². The molecule has 0 saturated heterocycles. The molecule has 24 heavy (non-hydrogen) atoms. The van der Waals surface area contributed by atoms with Gasteiger partial charge in [-0.25, -0.2) is 9.18 Å². The van der Waals surface area contributed by atoms with E-state index < -0.39 is 17.7 Å². The topological polar surface area (TPSA) is 94.6 Å². The number of nitriles is 1. The Hall–Kier alpha value is -3.01. The van der Waals surface area contributed by atoms with E-state index in [2.05, 4.69) is 0 Å². The van der Waals surface area contributed by atoms with Gasteiger partial charge in [-0.2, -0.15) is 5.26 Å². The van der Waals surface area contributed by atoms with Crippen LogP contribution in [0.4, 0.5) is 4.39 Å². The van der Waals surface area contributed by atoms with Gasteiger partial charge in [0.1, 0.15) is 29.0 Å². The maximum Gasteiger partial charge on any atom is 0.338 e. The average molecular weight is 332 g/mol. The molecular formula is C17H17FN2O4. The molecule has 1 aromatic rings. The lowest BCUT2D eigenvalue weighted by Gasteiger charge is -2.27. The number of benzene rings is 1. The minimum Gasteiger partial charge on any atom is -0.497 e. The molecule has 1 aliphatic rings. The Morgan fingerprint density at radius 3 is 2.75 bits per heavy atom. The molecule has 1 aromatic carbocycles. The molecular weight excluding hydrogens is 315 g/mol. The third kappa shape index (κ3) is 3.04. The lowest BCUT2D eigenvalue weighted by molar-refractivity contribution is -0.139. The predicted octanol–water partition coefficient (Wildman–Crippen LogP) is 2.48. The van der Waals surface area contributed by atoms with E-state index in [0.29, 0.717) is 5.75 Å². The van der Waals surface area contributed by atoms with E-state index in [1.54, 1.807) is 6.92 Å². The Bertz CT molecular complexity index is 777. The number of carbonyl (C=O) groups excluding carboxylic acids is 1. The van der Waals surface area contributed by atoms with E-state index in [9.17, 15) is 14.4 Å². The summed E-state index contributed by atoms with van der Waals surface area (Å²) >= 11 is 0. The molecule has 2 rings (SSSR count). The summed E-state index contributed by atoms with van der Waals surface area (Å²) in [6.07, 6.45) is 0. The van der Waals surface area contributed by atoms with E-state index in [-0.39, 0.29) is 35.0 Å². The standard InChI is InChI=1S/C17H17FN2O4/c1-4-23-17(21)14-9(2)24-16(20)12(8-19)15(14)11-6-5-10(22-3)7-13(11)18/h5-7,15H,4,20H2,1-3H3. The largest absolute Gasteiger partial charge is 0.497 e. The number of methoxy groups -OCH3 is 1. The van der Waals surface area contributed by atoms with E-state index in [4.69, 9.17) is 19.9 Å². The van der Waals surface area contributed by atoms with Gasteiger partial charge in [0.05, 0.1) is 25.2 Å². The fraction of sp³-hybridized carbons (Fsp3) is 0.294.